The summed E-state index contributed by atoms with van der Waals surface area (Å²) in [7, 11) is 0. The normalized spacial score (nSPS) is 10.5. The lowest BCUT2D eigenvalue weighted by atomic mass is 10.2. The number of pyridine rings is 1. The van der Waals surface area contributed by atoms with Crippen molar-refractivity contribution in [3.8, 4) is 17.3 Å². The van der Waals surface area contributed by atoms with Gasteiger partial charge in [0, 0.05) is 23.9 Å². The average molecular weight is 457 g/mol. The van der Waals surface area contributed by atoms with Crippen molar-refractivity contribution in [3.63, 3.8) is 0 Å². The van der Waals surface area contributed by atoms with Gasteiger partial charge in [0.2, 0.25) is 11.3 Å². The highest BCUT2D eigenvalue weighted by Gasteiger charge is 2.20. The molecule has 0 saturated carbocycles. The molecule has 0 atom stereocenters. The Balaban J connectivity index is 1.57. The van der Waals surface area contributed by atoms with E-state index in [4.69, 9.17) is 4.74 Å². The summed E-state index contributed by atoms with van der Waals surface area (Å²) in [5, 5.41) is 18.1. The lowest BCUT2D eigenvalue weighted by Gasteiger charge is -2.12. The van der Waals surface area contributed by atoms with Crippen molar-refractivity contribution in [2.75, 3.05) is 5.32 Å². The van der Waals surface area contributed by atoms with Crippen molar-refractivity contribution in [2.24, 2.45) is 0 Å². The lowest BCUT2D eigenvalue weighted by molar-refractivity contribution is -0.384. The highest BCUT2D eigenvalue weighted by atomic mass is 16.6. The second kappa shape index (κ2) is 9.33. The van der Waals surface area contributed by atoms with E-state index in [9.17, 15) is 19.7 Å². The molecule has 34 heavy (non-hydrogen) atoms. The molecule has 0 unspecified atom stereocenters. The number of carbonyl (C=O) groups is 1. The van der Waals surface area contributed by atoms with E-state index in [-0.39, 0.29) is 11.4 Å². The molecule has 170 valence electrons. The standard InChI is InChI=1S/C24H19N5O5/c1-15-7-10-18(11-8-15)34-22-12-9-17(14-25-22)26-24(31)23-21(30)13-16(2)28(27-23)19-5-3-4-6-20(19)29(32)33/h3-14H,1-2H3,(H,26,31). The number of anilines is 1. The maximum Gasteiger partial charge on any atom is 0.294 e. The number of para-hydroxylation sites is 2. The van der Waals surface area contributed by atoms with Crippen molar-refractivity contribution in [1.82, 2.24) is 14.8 Å². The van der Waals surface area contributed by atoms with Gasteiger partial charge in [0.1, 0.15) is 11.4 Å². The fourth-order valence-corrected chi connectivity index (χ4v) is 3.18. The van der Waals surface area contributed by atoms with Gasteiger partial charge in [0.25, 0.3) is 11.6 Å². The summed E-state index contributed by atoms with van der Waals surface area (Å²) in [6.07, 6.45) is 1.39. The summed E-state index contributed by atoms with van der Waals surface area (Å²) >= 11 is 0. The molecule has 0 spiro atoms. The topological polar surface area (TPSA) is 129 Å². The van der Waals surface area contributed by atoms with E-state index in [2.05, 4.69) is 15.4 Å². The zero-order valence-corrected chi connectivity index (χ0v) is 18.3. The van der Waals surface area contributed by atoms with Crippen LogP contribution in [0.3, 0.4) is 0 Å². The van der Waals surface area contributed by atoms with Crippen LogP contribution in [0.25, 0.3) is 5.69 Å². The molecule has 0 aliphatic heterocycles. The van der Waals surface area contributed by atoms with Crippen molar-refractivity contribution in [2.45, 2.75) is 13.8 Å². The fourth-order valence-electron chi connectivity index (χ4n) is 3.18. The van der Waals surface area contributed by atoms with Crippen molar-refractivity contribution in [3.05, 3.63) is 110 Å². The number of rotatable bonds is 6. The minimum Gasteiger partial charge on any atom is -0.439 e. The third-order valence-electron chi connectivity index (χ3n) is 4.87. The van der Waals surface area contributed by atoms with E-state index in [0.29, 0.717) is 23.0 Å². The van der Waals surface area contributed by atoms with E-state index in [0.717, 1.165) is 5.56 Å². The molecule has 1 amide bonds. The Hall–Kier alpha value is -4.86. The Morgan fingerprint density at radius 3 is 2.47 bits per heavy atom. The summed E-state index contributed by atoms with van der Waals surface area (Å²) in [5.41, 5.74) is 0.667. The number of carbonyl (C=O) groups excluding carboxylic acids is 1. The molecule has 0 saturated heterocycles. The fraction of sp³-hybridized carbons (Fsp3) is 0.0833. The van der Waals surface area contributed by atoms with Crippen molar-refractivity contribution < 1.29 is 14.5 Å². The van der Waals surface area contributed by atoms with Crippen LogP contribution in [0.4, 0.5) is 11.4 Å². The van der Waals surface area contributed by atoms with E-state index in [1.54, 1.807) is 25.1 Å². The number of aryl methyl sites for hydroxylation is 2. The van der Waals surface area contributed by atoms with Gasteiger partial charge in [-0.2, -0.15) is 5.10 Å². The number of nitrogens with one attached hydrogen (secondary N) is 1. The number of amides is 1. The molecular weight excluding hydrogens is 438 g/mol. The largest absolute Gasteiger partial charge is 0.439 e. The first kappa shape index (κ1) is 22.3. The van der Waals surface area contributed by atoms with E-state index < -0.39 is 22.0 Å². The first-order valence-corrected chi connectivity index (χ1v) is 10.2. The quantitative estimate of drug-likeness (QED) is 0.339. The Morgan fingerprint density at radius 2 is 1.79 bits per heavy atom. The van der Waals surface area contributed by atoms with E-state index in [1.807, 2.05) is 31.2 Å². The molecule has 4 rings (SSSR count). The van der Waals surface area contributed by atoms with Gasteiger partial charge in [-0.15, -0.1) is 0 Å². The SMILES string of the molecule is Cc1ccc(Oc2ccc(NC(=O)c3nn(-c4ccccc4[N+](=O)[O-])c(C)cc3=O)cn2)cc1. The lowest BCUT2D eigenvalue weighted by Crippen LogP contribution is -2.27. The Labute approximate surface area is 193 Å². The molecule has 2 aromatic heterocycles. The number of nitro benzene ring substituents is 1. The van der Waals surface area contributed by atoms with Crippen LogP contribution in [0.5, 0.6) is 11.6 Å². The summed E-state index contributed by atoms with van der Waals surface area (Å²) in [4.78, 5) is 40.2. The van der Waals surface area contributed by atoms with Gasteiger partial charge in [-0.1, -0.05) is 29.8 Å². The maximum absolute atomic E-state index is 12.8. The second-order valence-electron chi connectivity index (χ2n) is 7.41. The molecule has 10 nitrogen and oxygen atoms in total. The van der Waals surface area contributed by atoms with Gasteiger partial charge in [0.05, 0.1) is 16.8 Å². The Kier molecular flexibility index (Phi) is 6.13. The van der Waals surface area contributed by atoms with Gasteiger partial charge in [0.15, 0.2) is 5.69 Å². The van der Waals surface area contributed by atoms with Gasteiger partial charge >= 0.3 is 0 Å². The average Bonchev–Trinajstić information content (AvgIpc) is 2.82. The van der Waals surface area contributed by atoms with E-state index >= 15 is 0 Å². The minimum atomic E-state index is -0.772. The summed E-state index contributed by atoms with van der Waals surface area (Å²) in [5.74, 6) is 0.176. The third-order valence-corrected chi connectivity index (χ3v) is 4.87. The van der Waals surface area contributed by atoms with Gasteiger partial charge in [-0.3, -0.25) is 19.7 Å². The number of hydrogen-bond acceptors (Lipinski definition) is 7. The zero-order valence-electron chi connectivity index (χ0n) is 18.3. The van der Waals surface area contributed by atoms with Crippen LogP contribution in [0.1, 0.15) is 21.7 Å². The summed E-state index contributed by atoms with van der Waals surface area (Å²) in [6.45, 7) is 3.54. The first-order valence-electron chi connectivity index (χ1n) is 10.2. The molecule has 4 aromatic rings. The first-order chi connectivity index (χ1) is 16.3. The number of ether oxygens (including phenoxy) is 1. The van der Waals surface area contributed by atoms with Gasteiger partial charge in [-0.05, 0) is 38.1 Å². The smallest absolute Gasteiger partial charge is 0.294 e. The van der Waals surface area contributed by atoms with E-state index in [1.165, 1.54) is 35.1 Å². The molecule has 0 radical (unpaired) electrons. The number of hydrogen-bond donors (Lipinski definition) is 1. The predicted octanol–water partition coefficient (Wildman–Crippen LogP) is 4.20. The van der Waals surface area contributed by atoms with Crippen LogP contribution >= 0.6 is 0 Å². The molecule has 0 aliphatic rings. The molecule has 0 bridgehead atoms. The molecule has 1 N–H and O–H groups in total. The monoisotopic (exact) mass is 457 g/mol. The summed E-state index contributed by atoms with van der Waals surface area (Å²) in [6, 6.07) is 17.7. The molecular formula is C24H19N5O5. The van der Waals surface area contributed by atoms with Crippen molar-refractivity contribution >= 4 is 17.3 Å². The maximum atomic E-state index is 12.8. The molecule has 0 fully saturated rings. The molecule has 2 heterocycles. The Bertz CT molecular complexity index is 1430. The Morgan fingerprint density at radius 1 is 1.06 bits per heavy atom. The predicted molar refractivity (Wildman–Crippen MR) is 125 cm³/mol. The number of nitrogens with zero attached hydrogens (tertiary/aromatic N) is 4. The summed E-state index contributed by atoms with van der Waals surface area (Å²) < 4.78 is 6.86. The van der Waals surface area contributed by atoms with Crippen molar-refractivity contribution in [1.29, 1.82) is 0 Å². The van der Waals surface area contributed by atoms with Crippen LogP contribution < -0.4 is 15.5 Å². The number of aromatic nitrogens is 3. The van der Waals surface area contributed by atoms with Crippen LogP contribution in [-0.4, -0.2) is 25.6 Å². The minimum absolute atomic E-state index is 0.137. The third kappa shape index (κ3) is 4.80. The molecule has 0 aliphatic carbocycles. The van der Waals surface area contributed by atoms with Gasteiger partial charge in [-0.25, -0.2) is 9.67 Å². The molecule has 10 heteroatoms. The van der Waals surface area contributed by atoms with Crippen LogP contribution in [-0.2, 0) is 0 Å². The highest BCUT2D eigenvalue weighted by molar-refractivity contribution is 6.02. The highest BCUT2D eigenvalue weighted by Crippen LogP contribution is 2.23. The van der Waals surface area contributed by atoms with Crippen LogP contribution in [0.15, 0.2) is 77.7 Å². The zero-order chi connectivity index (χ0) is 24.2. The number of nitro groups is 1. The van der Waals surface area contributed by atoms with Gasteiger partial charge < -0.3 is 10.1 Å². The van der Waals surface area contributed by atoms with Crippen LogP contribution in [0, 0.1) is 24.0 Å². The second-order valence-corrected chi connectivity index (χ2v) is 7.41. The number of benzene rings is 2. The van der Waals surface area contributed by atoms with Crippen LogP contribution in [0.2, 0.25) is 0 Å². The molecule has 2 aromatic carbocycles.